The number of hydrogen-bond donors (Lipinski definition) is 1. The van der Waals surface area contributed by atoms with Crippen molar-refractivity contribution in [3.63, 3.8) is 0 Å². The summed E-state index contributed by atoms with van der Waals surface area (Å²) < 4.78 is 44.7. The molecule has 0 aliphatic rings. The molecular weight excluding hydrogens is 601 g/mol. The summed E-state index contributed by atoms with van der Waals surface area (Å²) in [6.07, 6.45) is 0.817. The zero-order valence-electron chi connectivity index (χ0n) is 27.0. The number of aryl methyl sites for hydroxylation is 2. The van der Waals surface area contributed by atoms with Gasteiger partial charge >= 0.3 is 0 Å². The highest BCUT2D eigenvalue weighted by atomic mass is 32.2. The molecule has 0 aliphatic carbocycles. The summed E-state index contributed by atoms with van der Waals surface area (Å²) in [6.45, 7) is 8.52. The van der Waals surface area contributed by atoms with Crippen LogP contribution in [0, 0.1) is 26.6 Å². The Kier molecular flexibility index (Phi) is 11.4. The van der Waals surface area contributed by atoms with Crippen LogP contribution in [-0.4, -0.2) is 43.8 Å². The third-order valence-electron chi connectivity index (χ3n) is 8.30. The molecule has 0 bridgehead atoms. The number of nitrogens with one attached hydrogen (secondary N) is 1. The molecule has 2 amide bonds. The summed E-state index contributed by atoms with van der Waals surface area (Å²) in [5.41, 5.74) is 3.81. The molecular formula is C37H42FN3O4S. The van der Waals surface area contributed by atoms with Gasteiger partial charge in [0.25, 0.3) is 10.0 Å². The van der Waals surface area contributed by atoms with E-state index in [1.165, 1.54) is 23.1 Å². The fraction of sp³-hybridized carbons (Fsp3) is 0.297. The predicted molar refractivity (Wildman–Crippen MR) is 180 cm³/mol. The van der Waals surface area contributed by atoms with E-state index in [9.17, 15) is 18.0 Å². The Morgan fingerprint density at radius 2 is 1.50 bits per heavy atom. The minimum Gasteiger partial charge on any atom is -0.352 e. The highest BCUT2D eigenvalue weighted by molar-refractivity contribution is 7.92. The number of amides is 2. The zero-order valence-corrected chi connectivity index (χ0v) is 27.9. The zero-order chi connectivity index (χ0) is 33.4. The lowest BCUT2D eigenvalue weighted by molar-refractivity contribution is -0.140. The summed E-state index contributed by atoms with van der Waals surface area (Å²) in [5.74, 6) is -1.57. The van der Waals surface area contributed by atoms with Gasteiger partial charge in [-0.05, 0) is 75.1 Å². The molecule has 0 radical (unpaired) electrons. The number of carbonyl (C=O) groups excluding carboxylic acids is 2. The van der Waals surface area contributed by atoms with Crippen molar-refractivity contribution in [3.8, 4) is 0 Å². The van der Waals surface area contributed by atoms with E-state index >= 15 is 4.39 Å². The number of hydrogen-bond acceptors (Lipinski definition) is 4. The first-order chi connectivity index (χ1) is 21.9. The number of nitrogens with zero attached hydrogens (tertiary/aromatic N) is 2. The summed E-state index contributed by atoms with van der Waals surface area (Å²) in [6, 6.07) is 25.8. The third-order valence-corrected chi connectivity index (χ3v) is 10.1. The molecule has 7 nitrogen and oxygen atoms in total. The molecule has 0 saturated carbocycles. The Labute approximate surface area is 272 Å². The fourth-order valence-corrected chi connectivity index (χ4v) is 6.63. The first-order valence-electron chi connectivity index (χ1n) is 15.4. The van der Waals surface area contributed by atoms with E-state index in [-0.39, 0.29) is 29.5 Å². The average molecular weight is 644 g/mol. The van der Waals surface area contributed by atoms with E-state index in [2.05, 4.69) is 5.32 Å². The van der Waals surface area contributed by atoms with Gasteiger partial charge < -0.3 is 10.2 Å². The van der Waals surface area contributed by atoms with Crippen molar-refractivity contribution in [1.29, 1.82) is 0 Å². The number of anilines is 1. The molecule has 0 fully saturated rings. The van der Waals surface area contributed by atoms with Gasteiger partial charge in [0.2, 0.25) is 11.8 Å². The van der Waals surface area contributed by atoms with Gasteiger partial charge in [0, 0.05) is 24.6 Å². The highest BCUT2D eigenvalue weighted by Crippen LogP contribution is 2.29. The molecule has 1 N–H and O–H groups in total. The summed E-state index contributed by atoms with van der Waals surface area (Å²) in [7, 11) is -4.24. The summed E-state index contributed by atoms with van der Waals surface area (Å²) >= 11 is 0. The lowest BCUT2D eigenvalue weighted by atomic mass is 10.0. The van der Waals surface area contributed by atoms with Crippen LogP contribution in [0.3, 0.4) is 0 Å². The van der Waals surface area contributed by atoms with Gasteiger partial charge in [0.15, 0.2) is 0 Å². The van der Waals surface area contributed by atoms with Gasteiger partial charge in [-0.1, -0.05) is 85.3 Å². The Hall–Kier alpha value is -4.50. The predicted octanol–water partition coefficient (Wildman–Crippen LogP) is 6.50. The maximum absolute atomic E-state index is 15.1. The highest BCUT2D eigenvalue weighted by Gasteiger charge is 2.35. The molecule has 242 valence electrons. The van der Waals surface area contributed by atoms with Gasteiger partial charge in [-0.3, -0.25) is 13.9 Å². The molecule has 0 heterocycles. The Morgan fingerprint density at radius 1 is 0.848 bits per heavy atom. The van der Waals surface area contributed by atoms with Crippen LogP contribution in [0.2, 0.25) is 0 Å². The second-order valence-corrected chi connectivity index (χ2v) is 13.5. The normalized spacial score (nSPS) is 12.7. The average Bonchev–Trinajstić information content (AvgIpc) is 3.04. The van der Waals surface area contributed by atoms with Crippen LogP contribution >= 0.6 is 0 Å². The second-order valence-electron chi connectivity index (χ2n) is 11.7. The van der Waals surface area contributed by atoms with Crippen molar-refractivity contribution in [2.45, 2.75) is 71.0 Å². The summed E-state index contributed by atoms with van der Waals surface area (Å²) in [4.78, 5) is 29.8. The number of sulfonamides is 1. The Balaban J connectivity index is 1.85. The standard InChI is InChI=1S/C37H42FN3O4S/c1-6-28(4)39-37(43)35(23-30-14-8-7-9-15-30)40(24-31-16-10-11-17-33(31)38)36(42)25-41(34-18-12-13-27(3)29(34)5)46(44,45)32-21-19-26(2)20-22-32/h7-22,28,35H,6,23-25H2,1-5H3,(H,39,43)/t28-,35-/m0/s1. The molecule has 46 heavy (non-hydrogen) atoms. The largest absolute Gasteiger partial charge is 0.352 e. The van der Waals surface area contributed by atoms with Gasteiger partial charge in [0.05, 0.1) is 10.6 Å². The monoisotopic (exact) mass is 643 g/mol. The number of carbonyl (C=O) groups is 2. The third kappa shape index (κ3) is 8.20. The molecule has 0 unspecified atom stereocenters. The number of halogens is 1. The van der Waals surface area contributed by atoms with E-state index in [0.29, 0.717) is 17.7 Å². The molecule has 0 aromatic heterocycles. The maximum Gasteiger partial charge on any atom is 0.264 e. The molecule has 9 heteroatoms. The first-order valence-corrected chi connectivity index (χ1v) is 16.9. The number of rotatable bonds is 13. The summed E-state index contributed by atoms with van der Waals surface area (Å²) in [5, 5.41) is 2.99. The molecule has 4 rings (SSSR count). The van der Waals surface area contributed by atoms with E-state index in [0.717, 1.165) is 21.0 Å². The smallest absolute Gasteiger partial charge is 0.264 e. The second kappa shape index (κ2) is 15.2. The van der Waals surface area contributed by atoms with Gasteiger partial charge in [-0.15, -0.1) is 0 Å². The Morgan fingerprint density at radius 3 is 2.15 bits per heavy atom. The van der Waals surface area contributed by atoms with E-state index in [4.69, 9.17) is 0 Å². The number of benzene rings is 4. The van der Waals surface area contributed by atoms with Crippen molar-refractivity contribution in [3.05, 3.63) is 131 Å². The lowest BCUT2D eigenvalue weighted by Crippen LogP contribution is -2.54. The molecule has 0 spiro atoms. The van der Waals surface area contributed by atoms with Crippen LogP contribution in [-0.2, 0) is 32.6 Å². The molecule has 0 aliphatic heterocycles. The minimum atomic E-state index is -4.24. The maximum atomic E-state index is 15.1. The molecule has 0 saturated heterocycles. The lowest BCUT2D eigenvalue weighted by Gasteiger charge is -2.34. The van der Waals surface area contributed by atoms with Crippen LogP contribution in [0.25, 0.3) is 0 Å². The Bertz CT molecular complexity index is 1760. The van der Waals surface area contributed by atoms with E-state index < -0.39 is 40.2 Å². The van der Waals surface area contributed by atoms with Crippen molar-refractivity contribution >= 4 is 27.5 Å². The van der Waals surface area contributed by atoms with Crippen molar-refractivity contribution in [2.24, 2.45) is 0 Å². The van der Waals surface area contributed by atoms with Gasteiger partial charge in [-0.25, -0.2) is 12.8 Å². The van der Waals surface area contributed by atoms with Gasteiger partial charge in [-0.2, -0.15) is 0 Å². The SMILES string of the molecule is CC[C@H](C)NC(=O)[C@H](Cc1ccccc1)N(Cc1ccccc1F)C(=O)CN(c1cccc(C)c1C)S(=O)(=O)c1ccc(C)cc1. The van der Waals surface area contributed by atoms with Gasteiger partial charge in [0.1, 0.15) is 18.4 Å². The fourth-order valence-electron chi connectivity index (χ4n) is 5.16. The van der Waals surface area contributed by atoms with Crippen LogP contribution in [0.1, 0.15) is 48.1 Å². The topological polar surface area (TPSA) is 86.8 Å². The molecule has 4 aromatic carbocycles. The minimum absolute atomic E-state index is 0.0304. The quantitative estimate of drug-likeness (QED) is 0.180. The van der Waals surface area contributed by atoms with Crippen LogP contribution in [0.15, 0.2) is 102 Å². The van der Waals surface area contributed by atoms with Crippen molar-refractivity contribution in [2.75, 3.05) is 10.8 Å². The van der Waals surface area contributed by atoms with E-state index in [1.807, 2.05) is 71.0 Å². The molecule has 2 atom stereocenters. The molecule has 4 aromatic rings. The van der Waals surface area contributed by atoms with E-state index in [1.54, 1.807) is 42.5 Å². The van der Waals surface area contributed by atoms with Crippen molar-refractivity contribution in [1.82, 2.24) is 10.2 Å². The van der Waals surface area contributed by atoms with Crippen LogP contribution in [0.4, 0.5) is 10.1 Å². The van der Waals surface area contributed by atoms with Crippen LogP contribution in [0.5, 0.6) is 0 Å². The van der Waals surface area contributed by atoms with Crippen LogP contribution < -0.4 is 9.62 Å². The first kappa shape index (κ1) is 34.4. The van der Waals surface area contributed by atoms with Crippen molar-refractivity contribution < 1.29 is 22.4 Å².